The van der Waals surface area contributed by atoms with Crippen LogP contribution in [0.15, 0.2) is 24.3 Å². The average molecular weight is 262 g/mol. The smallest absolute Gasteiger partial charge is 0.119 e. The SMILES string of the molecule is C[C@@H](N)c1cccc(OCCC2CCCCN2C)c1. The van der Waals surface area contributed by atoms with Gasteiger partial charge in [0, 0.05) is 12.1 Å². The van der Waals surface area contributed by atoms with Gasteiger partial charge in [-0.2, -0.15) is 0 Å². The lowest BCUT2D eigenvalue weighted by molar-refractivity contribution is 0.153. The van der Waals surface area contributed by atoms with Gasteiger partial charge in [0.2, 0.25) is 0 Å². The van der Waals surface area contributed by atoms with Crippen LogP contribution in [-0.4, -0.2) is 31.1 Å². The topological polar surface area (TPSA) is 38.5 Å². The van der Waals surface area contributed by atoms with E-state index in [0.29, 0.717) is 6.04 Å². The summed E-state index contributed by atoms with van der Waals surface area (Å²) >= 11 is 0. The van der Waals surface area contributed by atoms with Crippen molar-refractivity contribution >= 4 is 0 Å². The highest BCUT2D eigenvalue weighted by Gasteiger charge is 2.18. The van der Waals surface area contributed by atoms with Gasteiger partial charge in [-0.15, -0.1) is 0 Å². The van der Waals surface area contributed by atoms with Gasteiger partial charge in [0.25, 0.3) is 0 Å². The first-order valence-electron chi connectivity index (χ1n) is 7.35. The van der Waals surface area contributed by atoms with Crippen molar-refractivity contribution in [2.45, 2.75) is 44.7 Å². The summed E-state index contributed by atoms with van der Waals surface area (Å²) in [5, 5.41) is 0. The zero-order chi connectivity index (χ0) is 13.7. The normalized spacial score (nSPS) is 22.2. The third kappa shape index (κ3) is 4.22. The Balaban J connectivity index is 1.80. The van der Waals surface area contributed by atoms with E-state index in [1.54, 1.807) is 0 Å². The van der Waals surface area contributed by atoms with Gasteiger partial charge in [-0.05, 0) is 57.5 Å². The van der Waals surface area contributed by atoms with Crippen LogP contribution < -0.4 is 10.5 Å². The molecule has 1 aliphatic heterocycles. The number of rotatable bonds is 5. The maximum Gasteiger partial charge on any atom is 0.119 e. The largest absolute Gasteiger partial charge is 0.494 e. The lowest BCUT2D eigenvalue weighted by Crippen LogP contribution is -2.37. The molecule has 1 aromatic carbocycles. The van der Waals surface area contributed by atoms with Crippen molar-refractivity contribution in [2.24, 2.45) is 5.73 Å². The van der Waals surface area contributed by atoms with Crippen LogP contribution in [0.1, 0.15) is 44.2 Å². The first-order chi connectivity index (χ1) is 9.16. The molecule has 0 aromatic heterocycles. The van der Waals surface area contributed by atoms with Crippen LogP contribution in [0.5, 0.6) is 5.75 Å². The molecular formula is C16H26N2O. The predicted octanol–water partition coefficient (Wildman–Crippen LogP) is 2.96. The van der Waals surface area contributed by atoms with Gasteiger partial charge in [0.1, 0.15) is 5.75 Å². The Bertz CT molecular complexity index is 392. The minimum absolute atomic E-state index is 0.0630. The number of benzene rings is 1. The molecule has 2 rings (SSSR count). The van der Waals surface area contributed by atoms with Crippen LogP contribution in [0.2, 0.25) is 0 Å². The summed E-state index contributed by atoms with van der Waals surface area (Å²) in [5.41, 5.74) is 7.02. The number of piperidine rings is 1. The highest BCUT2D eigenvalue weighted by Crippen LogP contribution is 2.20. The predicted molar refractivity (Wildman–Crippen MR) is 79.4 cm³/mol. The molecule has 19 heavy (non-hydrogen) atoms. The Morgan fingerprint density at radius 3 is 3.00 bits per heavy atom. The Morgan fingerprint density at radius 2 is 2.26 bits per heavy atom. The van der Waals surface area contributed by atoms with E-state index in [4.69, 9.17) is 10.5 Å². The van der Waals surface area contributed by atoms with E-state index in [1.165, 1.54) is 25.8 Å². The van der Waals surface area contributed by atoms with E-state index in [0.717, 1.165) is 24.3 Å². The lowest BCUT2D eigenvalue weighted by Gasteiger charge is -2.32. The van der Waals surface area contributed by atoms with Gasteiger partial charge in [0.05, 0.1) is 6.61 Å². The molecule has 1 unspecified atom stereocenters. The average Bonchev–Trinajstić information content (AvgIpc) is 2.41. The van der Waals surface area contributed by atoms with Crippen LogP contribution in [-0.2, 0) is 0 Å². The second-order valence-electron chi connectivity index (χ2n) is 5.63. The lowest BCUT2D eigenvalue weighted by atomic mass is 10.0. The molecule has 2 N–H and O–H groups in total. The van der Waals surface area contributed by atoms with Crippen LogP contribution in [0, 0.1) is 0 Å². The molecule has 0 aliphatic carbocycles. The summed E-state index contributed by atoms with van der Waals surface area (Å²) in [7, 11) is 2.22. The van der Waals surface area contributed by atoms with Crippen molar-refractivity contribution in [1.82, 2.24) is 4.90 Å². The number of hydrogen-bond donors (Lipinski definition) is 1. The number of nitrogens with zero attached hydrogens (tertiary/aromatic N) is 1. The van der Waals surface area contributed by atoms with Crippen molar-refractivity contribution in [3.05, 3.63) is 29.8 Å². The third-order valence-electron chi connectivity index (χ3n) is 4.03. The molecule has 1 aliphatic rings. The van der Waals surface area contributed by atoms with Gasteiger partial charge >= 0.3 is 0 Å². The second kappa shape index (κ2) is 6.92. The minimum atomic E-state index is 0.0630. The first kappa shape index (κ1) is 14.4. The van der Waals surface area contributed by atoms with Crippen LogP contribution in [0.25, 0.3) is 0 Å². The van der Waals surface area contributed by atoms with Crippen molar-refractivity contribution < 1.29 is 4.74 Å². The van der Waals surface area contributed by atoms with Crippen LogP contribution in [0.4, 0.5) is 0 Å². The van der Waals surface area contributed by atoms with E-state index in [9.17, 15) is 0 Å². The van der Waals surface area contributed by atoms with Crippen LogP contribution in [0.3, 0.4) is 0 Å². The highest BCUT2D eigenvalue weighted by atomic mass is 16.5. The Kier molecular flexibility index (Phi) is 5.23. The van der Waals surface area contributed by atoms with Gasteiger partial charge in [-0.25, -0.2) is 0 Å². The van der Waals surface area contributed by atoms with Crippen molar-refractivity contribution in [2.75, 3.05) is 20.2 Å². The monoisotopic (exact) mass is 262 g/mol. The van der Waals surface area contributed by atoms with Crippen molar-refractivity contribution in [1.29, 1.82) is 0 Å². The molecule has 1 saturated heterocycles. The molecule has 106 valence electrons. The molecule has 0 amide bonds. The molecule has 0 bridgehead atoms. The summed E-state index contributed by atoms with van der Waals surface area (Å²) < 4.78 is 5.87. The summed E-state index contributed by atoms with van der Waals surface area (Å²) in [6, 6.07) is 8.87. The van der Waals surface area contributed by atoms with Gasteiger partial charge in [0.15, 0.2) is 0 Å². The Hall–Kier alpha value is -1.06. The fourth-order valence-electron chi connectivity index (χ4n) is 2.71. The highest BCUT2D eigenvalue weighted by molar-refractivity contribution is 5.30. The fourth-order valence-corrected chi connectivity index (χ4v) is 2.71. The third-order valence-corrected chi connectivity index (χ3v) is 4.03. The van der Waals surface area contributed by atoms with E-state index < -0.39 is 0 Å². The van der Waals surface area contributed by atoms with Crippen molar-refractivity contribution in [3.63, 3.8) is 0 Å². The summed E-state index contributed by atoms with van der Waals surface area (Å²) in [4.78, 5) is 2.46. The number of ether oxygens (including phenoxy) is 1. The number of likely N-dealkylation sites (tertiary alicyclic amines) is 1. The van der Waals surface area contributed by atoms with E-state index in [-0.39, 0.29) is 6.04 Å². The molecule has 0 spiro atoms. The van der Waals surface area contributed by atoms with Gasteiger partial charge < -0.3 is 15.4 Å². The molecule has 1 aromatic rings. The quantitative estimate of drug-likeness (QED) is 0.886. The Morgan fingerprint density at radius 1 is 1.42 bits per heavy atom. The van der Waals surface area contributed by atoms with Crippen molar-refractivity contribution in [3.8, 4) is 5.75 Å². The summed E-state index contributed by atoms with van der Waals surface area (Å²) in [6.07, 6.45) is 5.11. The molecule has 1 heterocycles. The Labute approximate surface area is 116 Å². The summed E-state index contributed by atoms with van der Waals surface area (Å²) in [6.45, 7) is 4.01. The van der Waals surface area contributed by atoms with Gasteiger partial charge in [-0.1, -0.05) is 18.6 Å². The molecule has 3 nitrogen and oxygen atoms in total. The maximum absolute atomic E-state index is 5.88. The number of nitrogens with two attached hydrogens (primary N) is 1. The zero-order valence-corrected chi connectivity index (χ0v) is 12.1. The number of hydrogen-bond acceptors (Lipinski definition) is 3. The molecule has 2 atom stereocenters. The molecule has 1 fully saturated rings. The molecular weight excluding hydrogens is 236 g/mol. The first-order valence-corrected chi connectivity index (χ1v) is 7.35. The van der Waals surface area contributed by atoms with E-state index in [2.05, 4.69) is 18.0 Å². The molecule has 0 radical (unpaired) electrons. The van der Waals surface area contributed by atoms with Crippen LogP contribution >= 0.6 is 0 Å². The van der Waals surface area contributed by atoms with E-state index >= 15 is 0 Å². The maximum atomic E-state index is 5.88. The molecule has 3 heteroatoms. The standard InChI is InChI=1S/C16H26N2O/c1-13(17)14-6-5-8-16(12-14)19-11-9-15-7-3-4-10-18(15)2/h5-6,8,12-13,15H,3-4,7,9-11,17H2,1-2H3/t13-,15?/m1/s1. The zero-order valence-electron chi connectivity index (χ0n) is 12.1. The fraction of sp³-hybridized carbons (Fsp3) is 0.625. The molecule has 0 saturated carbocycles. The second-order valence-corrected chi connectivity index (χ2v) is 5.63. The van der Waals surface area contributed by atoms with Gasteiger partial charge in [-0.3, -0.25) is 0 Å². The van der Waals surface area contributed by atoms with E-state index in [1.807, 2.05) is 25.1 Å². The minimum Gasteiger partial charge on any atom is -0.494 e. The summed E-state index contributed by atoms with van der Waals surface area (Å²) in [5.74, 6) is 0.938.